The average Bonchev–Trinajstić information content (AvgIpc) is 2.24. The van der Waals surface area contributed by atoms with Crippen LogP contribution in [-0.4, -0.2) is 4.98 Å². The third-order valence-corrected chi connectivity index (χ3v) is 2.82. The van der Waals surface area contributed by atoms with Crippen molar-refractivity contribution in [2.24, 2.45) is 0 Å². The maximum Gasteiger partial charge on any atom is 0.130 e. The lowest BCUT2D eigenvalue weighted by atomic mass is 10.3. The monoisotopic (exact) mass is 252 g/mol. The van der Waals surface area contributed by atoms with Gasteiger partial charge in [0.15, 0.2) is 0 Å². The largest absolute Gasteiger partial charge is 0.340 e. The highest BCUT2D eigenvalue weighted by atomic mass is 35.5. The van der Waals surface area contributed by atoms with Gasteiger partial charge in [-0.25, -0.2) is 4.98 Å². The van der Waals surface area contributed by atoms with Gasteiger partial charge in [-0.3, -0.25) is 0 Å². The van der Waals surface area contributed by atoms with Crippen molar-refractivity contribution in [1.82, 2.24) is 4.98 Å². The van der Waals surface area contributed by atoms with Crippen LogP contribution in [-0.2, 0) is 0 Å². The van der Waals surface area contributed by atoms with E-state index < -0.39 is 0 Å². The molecule has 16 heavy (non-hydrogen) atoms. The molecule has 82 valence electrons. The second-order valence-electron chi connectivity index (χ2n) is 3.42. The molecular weight excluding hydrogens is 243 g/mol. The summed E-state index contributed by atoms with van der Waals surface area (Å²) < 4.78 is 0. The fraction of sp³-hybridized carbons (Fsp3) is 0.0833. The number of pyridine rings is 1. The molecule has 0 saturated heterocycles. The number of anilines is 2. The van der Waals surface area contributed by atoms with Gasteiger partial charge in [0.2, 0.25) is 0 Å². The van der Waals surface area contributed by atoms with Crippen molar-refractivity contribution in [3.63, 3.8) is 0 Å². The molecular formula is C12H10Cl2N2. The fourth-order valence-electron chi connectivity index (χ4n) is 1.33. The lowest BCUT2D eigenvalue weighted by Gasteiger charge is -2.06. The predicted octanol–water partition coefficient (Wildman–Crippen LogP) is 4.44. The standard InChI is InChI=1S/C12H10Cl2N2/c1-8-3-2-4-12(15-8)16-9-5-6-10(13)11(14)7-9/h2-7H,1H3,(H,15,16). The van der Waals surface area contributed by atoms with Crippen LogP contribution < -0.4 is 5.32 Å². The molecule has 0 aliphatic heterocycles. The van der Waals surface area contributed by atoms with Crippen molar-refractivity contribution in [2.45, 2.75) is 6.92 Å². The van der Waals surface area contributed by atoms with Crippen LogP contribution in [0.4, 0.5) is 11.5 Å². The summed E-state index contributed by atoms with van der Waals surface area (Å²) in [6.45, 7) is 1.94. The first-order valence-electron chi connectivity index (χ1n) is 4.81. The van der Waals surface area contributed by atoms with Gasteiger partial charge in [0, 0.05) is 11.4 Å². The Hall–Kier alpha value is -1.25. The quantitative estimate of drug-likeness (QED) is 0.855. The number of hydrogen-bond donors (Lipinski definition) is 1. The van der Waals surface area contributed by atoms with E-state index in [-0.39, 0.29) is 0 Å². The first-order chi connectivity index (χ1) is 7.65. The zero-order valence-corrected chi connectivity index (χ0v) is 10.2. The summed E-state index contributed by atoms with van der Waals surface area (Å²) in [5, 5.41) is 4.23. The molecule has 2 nitrogen and oxygen atoms in total. The molecule has 1 aromatic carbocycles. The molecule has 0 spiro atoms. The van der Waals surface area contributed by atoms with Crippen LogP contribution in [0.1, 0.15) is 5.69 Å². The second kappa shape index (κ2) is 4.73. The van der Waals surface area contributed by atoms with E-state index in [9.17, 15) is 0 Å². The molecule has 1 N–H and O–H groups in total. The Morgan fingerprint density at radius 1 is 1.06 bits per heavy atom. The number of aromatic nitrogens is 1. The van der Waals surface area contributed by atoms with E-state index in [1.165, 1.54) is 0 Å². The Morgan fingerprint density at radius 3 is 2.56 bits per heavy atom. The molecule has 2 aromatic rings. The molecule has 0 bridgehead atoms. The summed E-state index contributed by atoms with van der Waals surface area (Å²) in [5.41, 5.74) is 1.83. The van der Waals surface area contributed by atoms with Crippen LogP contribution in [0.15, 0.2) is 36.4 Å². The first kappa shape index (κ1) is 11.2. The molecule has 1 heterocycles. The zero-order chi connectivity index (χ0) is 11.5. The van der Waals surface area contributed by atoms with Crippen molar-refractivity contribution in [1.29, 1.82) is 0 Å². The molecule has 0 fully saturated rings. The second-order valence-corrected chi connectivity index (χ2v) is 4.23. The van der Waals surface area contributed by atoms with Gasteiger partial charge in [-0.2, -0.15) is 0 Å². The van der Waals surface area contributed by atoms with E-state index in [2.05, 4.69) is 10.3 Å². The van der Waals surface area contributed by atoms with Crippen LogP contribution in [0.2, 0.25) is 10.0 Å². The summed E-state index contributed by atoms with van der Waals surface area (Å²) >= 11 is 11.8. The molecule has 0 atom stereocenters. The molecule has 0 radical (unpaired) electrons. The number of halogens is 2. The minimum atomic E-state index is 0.527. The Morgan fingerprint density at radius 2 is 1.88 bits per heavy atom. The Bertz CT molecular complexity index is 512. The molecule has 0 amide bonds. The average molecular weight is 253 g/mol. The Kier molecular flexibility index (Phi) is 3.32. The van der Waals surface area contributed by atoms with Gasteiger partial charge in [0.25, 0.3) is 0 Å². The van der Waals surface area contributed by atoms with Crippen molar-refractivity contribution in [3.05, 3.63) is 52.1 Å². The number of nitrogens with one attached hydrogen (secondary N) is 1. The smallest absolute Gasteiger partial charge is 0.130 e. The van der Waals surface area contributed by atoms with E-state index in [0.29, 0.717) is 10.0 Å². The van der Waals surface area contributed by atoms with Gasteiger partial charge in [0.05, 0.1) is 10.0 Å². The van der Waals surface area contributed by atoms with Gasteiger partial charge in [-0.15, -0.1) is 0 Å². The maximum absolute atomic E-state index is 5.92. The molecule has 0 unspecified atom stereocenters. The number of aryl methyl sites for hydroxylation is 1. The SMILES string of the molecule is Cc1cccc(Nc2ccc(Cl)c(Cl)c2)n1. The summed E-state index contributed by atoms with van der Waals surface area (Å²) in [4.78, 5) is 4.33. The highest BCUT2D eigenvalue weighted by Gasteiger charge is 2.00. The molecule has 2 rings (SSSR count). The van der Waals surface area contributed by atoms with E-state index in [4.69, 9.17) is 23.2 Å². The fourth-order valence-corrected chi connectivity index (χ4v) is 1.63. The van der Waals surface area contributed by atoms with Crippen molar-refractivity contribution in [3.8, 4) is 0 Å². The third-order valence-electron chi connectivity index (χ3n) is 2.08. The molecule has 1 aromatic heterocycles. The predicted molar refractivity (Wildman–Crippen MR) is 68.7 cm³/mol. The van der Waals surface area contributed by atoms with Crippen LogP contribution in [0, 0.1) is 6.92 Å². The Labute approximate surface area is 104 Å². The topological polar surface area (TPSA) is 24.9 Å². The van der Waals surface area contributed by atoms with Crippen LogP contribution >= 0.6 is 23.2 Å². The number of rotatable bonds is 2. The number of nitrogens with zero attached hydrogens (tertiary/aromatic N) is 1. The lowest BCUT2D eigenvalue weighted by molar-refractivity contribution is 1.20. The van der Waals surface area contributed by atoms with Gasteiger partial charge < -0.3 is 5.32 Å². The van der Waals surface area contributed by atoms with Crippen LogP contribution in [0.3, 0.4) is 0 Å². The molecule has 0 aliphatic carbocycles. The zero-order valence-electron chi connectivity index (χ0n) is 8.67. The normalized spacial score (nSPS) is 10.2. The van der Waals surface area contributed by atoms with Gasteiger partial charge in [0.1, 0.15) is 5.82 Å². The summed E-state index contributed by atoms with van der Waals surface area (Å²) in [5.74, 6) is 0.790. The van der Waals surface area contributed by atoms with Gasteiger partial charge in [-0.1, -0.05) is 29.3 Å². The van der Waals surface area contributed by atoms with E-state index in [1.807, 2.05) is 31.2 Å². The Balaban J connectivity index is 2.24. The highest BCUT2D eigenvalue weighted by Crippen LogP contribution is 2.26. The van der Waals surface area contributed by atoms with Crippen molar-refractivity contribution in [2.75, 3.05) is 5.32 Å². The number of hydrogen-bond acceptors (Lipinski definition) is 2. The molecule has 0 aliphatic rings. The van der Waals surface area contributed by atoms with E-state index in [1.54, 1.807) is 12.1 Å². The molecule has 0 saturated carbocycles. The van der Waals surface area contributed by atoms with Crippen molar-refractivity contribution >= 4 is 34.7 Å². The highest BCUT2D eigenvalue weighted by molar-refractivity contribution is 6.42. The maximum atomic E-state index is 5.92. The molecule has 4 heteroatoms. The summed E-state index contributed by atoms with van der Waals surface area (Å²) in [6, 6.07) is 11.2. The summed E-state index contributed by atoms with van der Waals surface area (Å²) in [7, 11) is 0. The minimum Gasteiger partial charge on any atom is -0.340 e. The third kappa shape index (κ3) is 2.65. The minimum absolute atomic E-state index is 0.527. The first-order valence-corrected chi connectivity index (χ1v) is 5.56. The summed E-state index contributed by atoms with van der Waals surface area (Å²) in [6.07, 6.45) is 0. The van der Waals surface area contributed by atoms with Crippen LogP contribution in [0.25, 0.3) is 0 Å². The van der Waals surface area contributed by atoms with Crippen LogP contribution in [0.5, 0.6) is 0 Å². The van der Waals surface area contributed by atoms with Crippen molar-refractivity contribution < 1.29 is 0 Å². The van der Waals surface area contributed by atoms with E-state index in [0.717, 1.165) is 17.2 Å². The van der Waals surface area contributed by atoms with Gasteiger partial charge >= 0.3 is 0 Å². The van der Waals surface area contributed by atoms with Gasteiger partial charge in [-0.05, 0) is 37.3 Å². The van der Waals surface area contributed by atoms with E-state index >= 15 is 0 Å². The lowest BCUT2D eigenvalue weighted by Crippen LogP contribution is -1.94. The number of benzene rings is 1.